The van der Waals surface area contributed by atoms with Crippen molar-refractivity contribution in [3.63, 3.8) is 0 Å². The largest absolute Gasteiger partial charge is 0.346 e. The van der Waals surface area contributed by atoms with Gasteiger partial charge in [-0.3, -0.25) is 4.57 Å². The van der Waals surface area contributed by atoms with E-state index in [-0.39, 0.29) is 11.2 Å². The number of rotatable bonds is 2. The molecule has 0 atom stereocenters. The quantitative estimate of drug-likeness (QED) is 0.847. The summed E-state index contributed by atoms with van der Waals surface area (Å²) in [6.45, 7) is 8.40. The predicted octanol–water partition coefficient (Wildman–Crippen LogP) is 3.14. The van der Waals surface area contributed by atoms with Crippen LogP contribution in [-0.2, 0) is 12.1 Å². The zero-order valence-corrected chi connectivity index (χ0v) is 12.4. The molecule has 0 fully saturated rings. The molecule has 5 heteroatoms. The van der Waals surface area contributed by atoms with Crippen molar-refractivity contribution in [3.05, 3.63) is 39.8 Å². The smallest absolute Gasteiger partial charge is 0.275 e. The molecule has 4 nitrogen and oxygen atoms in total. The first kappa shape index (κ1) is 13.9. The van der Waals surface area contributed by atoms with E-state index < -0.39 is 0 Å². The van der Waals surface area contributed by atoms with Gasteiger partial charge in [0.15, 0.2) is 5.82 Å². The van der Waals surface area contributed by atoms with Crippen molar-refractivity contribution in [2.24, 2.45) is 0 Å². The first-order valence-electron chi connectivity index (χ1n) is 6.31. The average molecular weight is 280 g/mol. The van der Waals surface area contributed by atoms with Crippen LogP contribution >= 0.6 is 11.6 Å². The molecule has 0 N–H and O–H groups in total. The molecule has 0 amide bonds. The lowest BCUT2D eigenvalue weighted by molar-refractivity contribution is 0.341. The highest BCUT2D eigenvalue weighted by atomic mass is 35.5. The van der Waals surface area contributed by atoms with Crippen molar-refractivity contribution in [2.45, 2.75) is 39.8 Å². The SMILES string of the molecule is CCn1c(-c2cccc(Cl)c2)nn(C(C)(C)C)c1=O. The van der Waals surface area contributed by atoms with Gasteiger partial charge in [-0.25, -0.2) is 9.48 Å². The van der Waals surface area contributed by atoms with Crippen LogP contribution in [0.4, 0.5) is 0 Å². The Morgan fingerprint density at radius 3 is 2.53 bits per heavy atom. The first-order valence-corrected chi connectivity index (χ1v) is 6.68. The van der Waals surface area contributed by atoms with E-state index in [1.54, 1.807) is 10.6 Å². The molecule has 1 aromatic carbocycles. The Morgan fingerprint density at radius 2 is 2.00 bits per heavy atom. The summed E-state index contributed by atoms with van der Waals surface area (Å²) in [5.41, 5.74) is 0.421. The van der Waals surface area contributed by atoms with Crippen LogP contribution in [0.2, 0.25) is 5.02 Å². The van der Waals surface area contributed by atoms with E-state index in [1.165, 1.54) is 4.68 Å². The lowest BCUT2D eigenvalue weighted by atomic mass is 10.1. The van der Waals surface area contributed by atoms with E-state index in [2.05, 4.69) is 5.10 Å². The summed E-state index contributed by atoms with van der Waals surface area (Å²) in [7, 11) is 0. The molecule has 0 aliphatic carbocycles. The van der Waals surface area contributed by atoms with E-state index >= 15 is 0 Å². The summed E-state index contributed by atoms with van der Waals surface area (Å²) in [5, 5.41) is 5.11. The number of benzene rings is 1. The number of nitrogens with zero attached hydrogens (tertiary/aromatic N) is 3. The molecule has 0 aliphatic rings. The highest BCUT2D eigenvalue weighted by molar-refractivity contribution is 6.30. The van der Waals surface area contributed by atoms with Crippen LogP contribution < -0.4 is 5.69 Å². The molecule has 0 saturated carbocycles. The van der Waals surface area contributed by atoms with Gasteiger partial charge in [0.2, 0.25) is 0 Å². The van der Waals surface area contributed by atoms with Gasteiger partial charge in [-0.15, -0.1) is 5.10 Å². The number of aromatic nitrogens is 3. The molecule has 1 aromatic heterocycles. The second-order valence-corrected chi connectivity index (χ2v) is 5.88. The minimum Gasteiger partial charge on any atom is -0.275 e. The molecule has 102 valence electrons. The Bertz CT molecular complexity index is 649. The Balaban J connectivity index is 2.68. The molecule has 0 radical (unpaired) electrons. The molecular weight excluding hydrogens is 262 g/mol. The van der Waals surface area contributed by atoms with Crippen molar-refractivity contribution < 1.29 is 0 Å². The zero-order chi connectivity index (χ0) is 14.2. The van der Waals surface area contributed by atoms with E-state index in [4.69, 9.17) is 11.6 Å². The molecule has 1 heterocycles. The van der Waals surface area contributed by atoms with Crippen molar-refractivity contribution in [1.29, 1.82) is 0 Å². The fourth-order valence-electron chi connectivity index (χ4n) is 1.96. The fraction of sp³-hybridized carbons (Fsp3) is 0.429. The lowest BCUT2D eigenvalue weighted by Gasteiger charge is -2.16. The minimum absolute atomic E-state index is 0.0926. The third-order valence-corrected chi connectivity index (χ3v) is 3.13. The number of hydrogen-bond acceptors (Lipinski definition) is 2. The van der Waals surface area contributed by atoms with E-state index in [0.717, 1.165) is 5.56 Å². The second kappa shape index (κ2) is 4.85. The Labute approximate surface area is 117 Å². The van der Waals surface area contributed by atoms with Crippen LogP contribution in [-0.4, -0.2) is 14.3 Å². The molecule has 2 rings (SSSR count). The monoisotopic (exact) mass is 279 g/mol. The molecule has 2 aromatic rings. The first-order chi connectivity index (χ1) is 8.84. The summed E-state index contributed by atoms with van der Waals surface area (Å²) < 4.78 is 3.18. The van der Waals surface area contributed by atoms with Gasteiger partial charge in [0.05, 0.1) is 5.54 Å². The van der Waals surface area contributed by atoms with Crippen LogP contribution in [0, 0.1) is 0 Å². The second-order valence-electron chi connectivity index (χ2n) is 5.44. The average Bonchev–Trinajstić information content (AvgIpc) is 2.66. The number of hydrogen-bond donors (Lipinski definition) is 0. The number of halogens is 1. The maximum atomic E-state index is 12.4. The highest BCUT2D eigenvalue weighted by Crippen LogP contribution is 2.21. The summed E-state index contributed by atoms with van der Waals surface area (Å²) in [4.78, 5) is 12.4. The van der Waals surface area contributed by atoms with Gasteiger partial charge in [0.1, 0.15) is 0 Å². The van der Waals surface area contributed by atoms with E-state index in [9.17, 15) is 4.79 Å². The summed E-state index contributed by atoms with van der Waals surface area (Å²) in [6.07, 6.45) is 0. The van der Waals surface area contributed by atoms with Crippen molar-refractivity contribution >= 4 is 11.6 Å². The zero-order valence-electron chi connectivity index (χ0n) is 11.6. The van der Waals surface area contributed by atoms with E-state index in [1.807, 2.05) is 45.9 Å². The van der Waals surface area contributed by atoms with Crippen LogP contribution in [0.15, 0.2) is 29.1 Å². The summed E-state index contributed by atoms with van der Waals surface area (Å²) in [5.74, 6) is 0.657. The highest BCUT2D eigenvalue weighted by Gasteiger charge is 2.22. The van der Waals surface area contributed by atoms with E-state index in [0.29, 0.717) is 17.4 Å². The molecule has 0 bridgehead atoms. The van der Waals surface area contributed by atoms with Crippen molar-refractivity contribution in [3.8, 4) is 11.4 Å². The summed E-state index contributed by atoms with van der Waals surface area (Å²) in [6, 6.07) is 7.40. The van der Waals surface area contributed by atoms with Gasteiger partial charge >= 0.3 is 5.69 Å². The summed E-state index contributed by atoms with van der Waals surface area (Å²) >= 11 is 6.00. The Hall–Kier alpha value is -1.55. The van der Waals surface area contributed by atoms with Gasteiger partial charge in [-0.05, 0) is 39.8 Å². The maximum absolute atomic E-state index is 12.4. The molecule has 0 saturated heterocycles. The molecule has 0 spiro atoms. The van der Waals surface area contributed by atoms with Crippen molar-refractivity contribution in [1.82, 2.24) is 14.3 Å². The normalized spacial score (nSPS) is 11.8. The van der Waals surface area contributed by atoms with Gasteiger partial charge < -0.3 is 0 Å². The van der Waals surface area contributed by atoms with Gasteiger partial charge in [0.25, 0.3) is 0 Å². The lowest BCUT2D eigenvalue weighted by Crippen LogP contribution is -2.35. The molecular formula is C14H18ClN3O. The van der Waals surface area contributed by atoms with Crippen LogP contribution in [0.25, 0.3) is 11.4 Å². The molecule has 19 heavy (non-hydrogen) atoms. The molecule has 0 unspecified atom stereocenters. The Morgan fingerprint density at radius 1 is 1.32 bits per heavy atom. The Kier molecular flexibility index (Phi) is 3.54. The van der Waals surface area contributed by atoms with Crippen molar-refractivity contribution in [2.75, 3.05) is 0 Å². The minimum atomic E-state index is -0.342. The van der Waals surface area contributed by atoms with Gasteiger partial charge in [-0.1, -0.05) is 23.7 Å². The van der Waals surface area contributed by atoms with Crippen LogP contribution in [0.5, 0.6) is 0 Å². The third kappa shape index (κ3) is 2.59. The van der Waals surface area contributed by atoms with Gasteiger partial charge in [0, 0.05) is 17.1 Å². The predicted molar refractivity (Wildman–Crippen MR) is 77.6 cm³/mol. The van der Waals surface area contributed by atoms with Crippen LogP contribution in [0.1, 0.15) is 27.7 Å². The van der Waals surface area contributed by atoms with Gasteiger partial charge in [-0.2, -0.15) is 0 Å². The topological polar surface area (TPSA) is 39.8 Å². The standard InChI is InChI=1S/C14H18ClN3O/c1-5-17-12(10-7-6-8-11(15)9-10)16-18(13(17)19)14(2,3)4/h6-9H,5H2,1-4H3. The fourth-order valence-corrected chi connectivity index (χ4v) is 2.15. The van der Waals surface area contributed by atoms with Crippen LogP contribution in [0.3, 0.4) is 0 Å². The maximum Gasteiger partial charge on any atom is 0.346 e. The third-order valence-electron chi connectivity index (χ3n) is 2.90. The molecule has 0 aliphatic heterocycles.